The van der Waals surface area contributed by atoms with Gasteiger partial charge in [-0.1, -0.05) is 47.8 Å². The fourth-order valence-corrected chi connectivity index (χ4v) is 6.86. The van der Waals surface area contributed by atoms with Gasteiger partial charge in [-0.3, -0.25) is 14.5 Å². The van der Waals surface area contributed by atoms with E-state index in [0.717, 1.165) is 63.1 Å². The van der Waals surface area contributed by atoms with Gasteiger partial charge in [-0.05, 0) is 93.6 Å². The van der Waals surface area contributed by atoms with Crippen LogP contribution >= 0.6 is 23.2 Å². The maximum Gasteiger partial charge on any atom is 0.242 e. The third-order valence-corrected chi connectivity index (χ3v) is 9.88. The van der Waals surface area contributed by atoms with Crippen molar-refractivity contribution in [3.05, 3.63) is 63.6 Å². The van der Waals surface area contributed by atoms with Crippen LogP contribution < -0.4 is 0 Å². The molecule has 0 aromatic heterocycles. The van der Waals surface area contributed by atoms with Crippen LogP contribution in [0, 0.1) is 0 Å². The van der Waals surface area contributed by atoms with Crippen molar-refractivity contribution >= 4 is 35.0 Å². The lowest BCUT2D eigenvalue weighted by Gasteiger charge is -2.50. The summed E-state index contributed by atoms with van der Waals surface area (Å²) in [6.45, 7) is 5.24. The van der Waals surface area contributed by atoms with Crippen molar-refractivity contribution in [2.75, 3.05) is 60.4 Å². The molecule has 230 valence electrons. The number of aryl methyl sites for hydroxylation is 1. The first-order chi connectivity index (χ1) is 20.1. The van der Waals surface area contributed by atoms with Crippen LogP contribution in [0.3, 0.4) is 0 Å². The minimum Gasteiger partial charge on any atom is -0.508 e. The molecule has 2 fully saturated rings. The fourth-order valence-electron chi connectivity index (χ4n) is 6.56. The molecule has 2 aliphatic rings. The molecule has 7 nitrogen and oxygen atoms in total. The minimum atomic E-state index is -0.395. The van der Waals surface area contributed by atoms with Crippen molar-refractivity contribution in [3.8, 4) is 5.75 Å². The summed E-state index contributed by atoms with van der Waals surface area (Å²) in [5.74, 6) is 0.645. The van der Waals surface area contributed by atoms with Crippen LogP contribution in [-0.4, -0.2) is 102 Å². The van der Waals surface area contributed by atoms with Crippen LogP contribution in [0.25, 0.3) is 0 Å². The van der Waals surface area contributed by atoms with E-state index in [1.165, 1.54) is 19.3 Å². The Morgan fingerprint density at radius 2 is 1.60 bits per heavy atom. The van der Waals surface area contributed by atoms with Gasteiger partial charge in [0.25, 0.3) is 0 Å². The first-order valence-corrected chi connectivity index (χ1v) is 16.0. The van der Waals surface area contributed by atoms with Gasteiger partial charge in [0.2, 0.25) is 11.8 Å². The summed E-state index contributed by atoms with van der Waals surface area (Å²) in [6, 6.07) is 12.8. The third kappa shape index (κ3) is 8.19. The highest BCUT2D eigenvalue weighted by molar-refractivity contribution is 6.42. The summed E-state index contributed by atoms with van der Waals surface area (Å²) in [6.07, 6.45) is 7.16. The predicted molar refractivity (Wildman–Crippen MR) is 170 cm³/mol. The van der Waals surface area contributed by atoms with E-state index < -0.39 is 5.54 Å². The molecule has 42 heavy (non-hydrogen) atoms. The lowest BCUT2D eigenvalue weighted by molar-refractivity contribution is -0.147. The van der Waals surface area contributed by atoms with Crippen LogP contribution in [0.15, 0.2) is 42.5 Å². The minimum absolute atomic E-state index is 0.0830. The zero-order valence-corrected chi connectivity index (χ0v) is 26.8. The van der Waals surface area contributed by atoms with Crippen molar-refractivity contribution in [2.24, 2.45) is 0 Å². The topological polar surface area (TPSA) is 67.3 Å². The molecule has 2 amide bonds. The van der Waals surface area contributed by atoms with Gasteiger partial charge in [-0.25, -0.2) is 0 Å². The van der Waals surface area contributed by atoms with Gasteiger partial charge in [0.1, 0.15) is 11.3 Å². The molecule has 1 N–H and O–H groups in total. The third-order valence-electron chi connectivity index (χ3n) is 9.14. The van der Waals surface area contributed by atoms with Gasteiger partial charge in [-0.15, -0.1) is 0 Å². The van der Waals surface area contributed by atoms with Gasteiger partial charge in [0.15, 0.2) is 0 Å². The van der Waals surface area contributed by atoms with Crippen molar-refractivity contribution in [2.45, 2.75) is 62.8 Å². The van der Waals surface area contributed by atoms with E-state index in [0.29, 0.717) is 29.4 Å². The first kappa shape index (κ1) is 32.6. The molecule has 9 heteroatoms. The molecule has 4 rings (SSSR count). The van der Waals surface area contributed by atoms with Gasteiger partial charge >= 0.3 is 0 Å². The van der Waals surface area contributed by atoms with E-state index in [-0.39, 0.29) is 23.5 Å². The molecule has 0 aliphatic carbocycles. The zero-order chi connectivity index (χ0) is 30.3. The second kappa shape index (κ2) is 14.9. The van der Waals surface area contributed by atoms with Crippen molar-refractivity contribution < 1.29 is 14.7 Å². The average molecular weight is 618 g/mol. The second-order valence-corrected chi connectivity index (χ2v) is 13.0. The number of piperidine rings is 2. The molecule has 2 saturated heterocycles. The molecule has 2 aromatic rings. The Kier molecular flexibility index (Phi) is 11.6. The highest BCUT2D eigenvalue weighted by atomic mass is 35.5. The van der Waals surface area contributed by atoms with E-state index in [9.17, 15) is 14.7 Å². The van der Waals surface area contributed by atoms with Crippen LogP contribution in [-0.2, 0) is 16.0 Å². The van der Waals surface area contributed by atoms with Gasteiger partial charge in [0, 0.05) is 53.1 Å². The van der Waals surface area contributed by atoms with Gasteiger partial charge in [-0.2, -0.15) is 0 Å². The number of hydrogen-bond donors (Lipinski definition) is 1. The molecule has 2 aliphatic heterocycles. The van der Waals surface area contributed by atoms with Gasteiger partial charge < -0.3 is 19.8 Å². The summed E-state index contributed by atoms with van der Waals surface area (Å²) < 4.78 is 0. The summed E-state index contributed by atoms with van der Waals surface area (Å²) in [4.78, 5) is 35.1. The van der Waals surface area contributed by atoms with Crippen molar-refractivity contribution in [1.29, 1.82) is 0 Å². The molecule has 0 saturated carbocycles. The van der Waals surface area contributed by atoms with Gasteiger partial charge in [0.05, 0.1) is 10.0 Å². The van der Waals surface area contributed by atoms with Crippen LogP contribution in [0.1, 0.15) is 62.0 Å². The highest BCUT2D eigenvalue weighted by Crippen LogP contribution is 2.34. The second-order valence-electron chi connectivity index (χ2n) is 12.2. The maximum atomic E-state index is 13.5. The Morgan fingerprint density at radius 3 is 2.21 bits per heavy atom. The quantitative estimate of drug-likeness (QED) is 0.352. The van der Waals surface area contributed by atoms with E-state index >= 15 is 0 Å². The number of amides is 2. The Hall–Kier alpha value is -2.32. The summed E-state index contributed by atoms with van der Waals surface area (Å²) in [5.41, 5.74) is 1.70. The molecule has 0 radical (unpaired) electrons. The number of aromatic hydroxyl groups is 1. The van der Waals surface area contributed by atoms with Crippen molar-refractivity contribution in [1.82, 2.24) is 19.6 Å². The van der Waals surface area contributed by atoms with Crippen LogP contribution in [0.5, 0.6) is 5.75 Å². The molecule has 1 unspecified atom stereocenters. The van der Waals surface area contributed by atoms with E-state index in [1.54, 1.807) is 17.0 Å². The summed E-state index contributed by atoms with van der Waals surface area (Å²) >= 11 is 12.6. The maximum absolute atomic E-state index is 13.5. The number of halogens is 2. The molecule has 0 spiro atoms. The van der Waals surface area contributed by atoms with Crippen LogP contribution in [0.2, 0.25) is 10.0 Å². The highest BCUT2D eigenvalue weighted by Gasteiger charge is 2.47. The number of nitrogens with zero attached hydrogens (tertiary/aromatic N) is 4. The number of rotatable bonds is 11. The Labute approximate surface area is 261 Å². The Bertz CT molecular complexity index is 1190. The molecule has 2 aromatic carbocycles. The number of phenols is 1. The monoisotopic (exact) mass is 616 g/mol. The summed E-state index contributed by atoms with van der Waals surface area (Å²) in [5, 5.41) is 10.6. The van der Waals surface area contributed by atoms with Crippen molar-refractivity contribution in [3.63, 3.8) is 0 Å². The SMILES string of the molecule is CN(C)C(=O)C1(N2CCCCC2)CCN(CCC(CN(C)C(=O)CCc2ccc(O)cc2)c2ccc(Cl)c(Cl)c2)CC1. The van der Waals surface area contributed by atoms with E-state index in [1.807, 2.05) is 56.4 Å². The lowest BCUT2D eigenvalue weighted by Crippen LogP contribution is -2.64. The standard InChI is InChI=1S/C33H46Cl2N4O3/c1-36(2)32(42)33(39-18-5-4-6-19-39)16-21-38(22-17-33)20-15-27(26-10-13-29(34)30(35)23-26)24-37(3)31(41)14-9-25-7-11-28(40)12-8-25/h7-8,10-13,23,27,40H,4-6,9,14-22,24H2,1-3H3. The molecule has 0 bridgehead atoms. The number of likely N-dealkylation sites (tertiary alicyclic amines) is 2. The van der Waals surface area contributed by atoms with E-state index in [4.69, 9.17) is 23.2 Å². The first-order valence-electron chi connectivity index (χ1n) is 15.2. The number of likely N-dealkylation sites (N-methyl/N-ethyl adjacent to an activating group) is 2. The number of benzene rings is 2. The normalized spacial score (nSPS) is 18.4. The molecule has 1 atom stereocenters. The van der Waals surface area contributed by atoms with Crippen LogP contribution in [0.4, 0.5) is 0 Å². The zero-order valence-electron chi connectivity index (χ0n) is 25.3. The lowest BCUT2D eigenvalue weighted by atomic mass is 9.82. The fraction of sp³-hybridized carbons (Fsp3) is 0.576. The molecular weight excluding hydrogens is 571 g/mol. The largest absolute Gasteiger partial charge is 0.508 e. The Morgan fingerprint density at radius 1 is 0.929 bits per heavy atom. The summed E-state index contributed by atoms with van der Waals surface area (Å²) in [7, 11) is 5.62. The smallest absolute Gasteiger partial charge is 0.242 e. The number of hydrogen-bond acceptors (Lipinski definition) is 5. The molecular formula is C33H46Cl2N4O3. The number of carbonyl (C=O) groups is 2. The molecule has 2 heterocycles. The van der Waals surface area contributed by atoms with E-state index in [2.05, 4.69) is 9.80 Å². The Balaban J connectivity index is 1.39. The average Bonchev–Trinajstić information content (AvgIpc) is 3.00. The predicted octanol–water partition coefficient (Wildman–Crippen LogP) is 5.67. The number of phenolic OH excluding ortho intramolecular Hbond substituents is 1. The number of carbonyl (C=O) groups excluding carboxylic acids is 2.